The van der Waals surface area contributed by atoms with Crippen LogP contribution in [0.3, 0.4) is 0 Å². The van der Waals surface area contributed by atoms with Gasteiger partial charge >= 0.3 is 6.09 Å². The fraction of sp³-hybridized carbons (Fsp3) is 0.308. The first-order valence-corrected chi connectivity index (χ1v) is 5.68. The van der Waals surface area contributed by atoms with Crippen LogP contribution in [0.1, 0.15) is 24.3 Å². The van der Waals surface area contributed by atoms with E-state index in [9.17, 15) is 4.79 Å². The first-order valence-electron chi connectivity index (χ1n) is 5.68. The fourth-order valence-corrected chi connectivity index (χ4v) is 2.59. The molecule has 88 valence electrons. The molecule has 1 aromatic heterocycles. The summed E-state index contributed by atoms with van der Waals surface area (Å²) < 4.78 is 5.77. The number of carboxylic acid groups (broad SMARTS) is 1. The van der Waals surface area contributed by atoms with E-state index < -0.39 is 6.09 Å². The molecule has 0 bridgehead atoms. The Morgan fingerprint density at radius 3 is 3.00 bits per heavy atom. The van der Waals surface area contributed by atoms with E-state index in [1.54, 1.807) is 0 Å². The van der Waals surface area contributed by atoms with Crippen molar-refractivity contribution in [2.45, 2.75) is 19.4 Å². The quantitative estimate of drug-likeness (QED) is 0.758. The predicted octanol–water partition coefficient (Wildman–Crippen LogP) is 3.03. The van der Waals surface area contributed by atoms with Crippen molar-refractivity contribution in [2.75, 3.05) is 6.54 Å². The van der Waals surface area contributed by atoms with Gasteiger partial charge in [0.15, 0.2) is 0 Å². The van der Waals surface area contributed by atoms with Crippen LogP contribution in [0.25, 0.3) is 11.0 Å². The summed E-state index contributed by atoms with van der Waals surface area (Å²) in [6, 6.07) is 7.65. The van der Waals surface area contributed by atoms with Gasteiger partial charge in [-0.3, -0.25) is 0 Å². The topological polar surface area (TPSA) is 53.7 Å². The van der Waals surface area contributed by atoms with Gasteiger partial charge in [0.05, 0.1) is 6.04 Å². The highest BCUT2D eigenvalue weighted by Gasteiger charge is 2.31. The molecule has 3 rings (SSSR count). The molecule has 0 spiro atoms. The zero-order valence-corrected chi connectivity index (χ0v) is 9.51. The van der Waals surface area contributed by atoms with E-state index in [0.29, 0.717) is 13.0 Å². The minimum atomic E-state index is -0.867. The summed E-state index contributed by atoms with van der Waals surface area (Å²) >= 11 is 0. The Balaban J connectivity index is 2.19. The zero-order valence-electron chi connectivity index (χ0n) is 9.51. The van der Waals surface area contributed by atoms with Crippen LogP contribution in [-0.4, -0.2) is 22.6 Å². The van der Waals surface area contributed by atoms with Gasteiger partial charge in [-0.15, -0.1) is 0 Å². The number of para-hydroxylation sites is 1. The zero-order chi connectivity index (χ0) is 12.0. The van der Waals surface area contributed by atoms with E-state index >= 15 is 0 Å². The summed E-state index contributed by atoms with van der Waals surface area (Å²) in [4.78, 5) is 12.6. The van der Waals surface area contributed by atoms with Crippen LogP contribution in [0.15, 0.2) is 28.7 Å². The number of furan rings is 1. The Bertz CT molecular complexity index is 587. The predicted molar refractivity (Wildman–Crippen MR) is 63.1 cm³/mol. The van der Waals surface area contributed by atoms with Gasteiger partial charge in [0, 0.05) is 23.9 Å². The van der Waals surface area contributed by atoms with Gasteiger partial charge in [-0.1, -0.05) is 18.2 Å². The first kappa shape index (κ1) is 10.2. The SMILES string of the molecule is CC1c2c(oc3ccccc23)CCN1C(=O)O. The Morgan fingerprint density at radius 2 is 2.24 bits per heavy atom. The summed E-state index contributed by atoms with van der Waals surface area (Å²) in [5, 5.41) is 10.2. The molecule has 0 saturated carbocycles. The van der Waals surface area contributed by atoms with Crippen LogP contribution in [0, 0.1) is 0 Å². The molecule has 2 heterocycles. The molecule has 0 saturated heterocycles. The molecule has 1 N–H and O–H groups in total. The maximum absolute atomic E-state index is 11.1. The number of hydrogen-bond acceptors (Lipinski definition) is 2. The lowest BCUT2D eigenvalue weighted by molar-refractivity contribution is 0.123. The minimum absolute atomic E-state index is 0.139. The third-order valence-corrected chi connectivity index (χ3v) is 3.42. The molecule has 1 aromatic carbocycles. The molecule has 4 nitrogen and oxygen atoms in total. The van der Waals surface area contributed by atoms with Gasteiger partial charge in [0.2, 0.25) is 0 Å². The molecule has 1 unspecified atom stereocenters. The molecule has 17 heavy (non-hydrogen) atoms. The third kappa shape index (κ3) is 1.40. The lowest BCUT2D eigenvalue weighted by atomic mass is 9.98. The molecule has 4 heteroatoms. The van der Waals surface area contributed by atoms with Crippen molar-refractivity contribution in [3.05, 3.63) is 35.6 Å². The van der Waals surface area contributed by atoms with Crippen molar-refractivity contribution >= 4 is 17.1 Å². The van der Waals surface area contributed by atoms with Crippen molar-refractivity contribution in [1.82, 2.24) is 4.90 Å². The highest BCUT2D eigenvalue weighted by molar-refractivity contribution is 5.83. The summed E-state index contributed by atoms with van der Waals surface area (Å²) in [5.41, 5.74) is 1.87. The van der Waals surface area contributed by atoms with Gasteiger partial charge in [-0.2, -0.15) is 0 Å². The second kappa shape index (κ2) is 3.52. The number of nitrogens with zero attached hydrogens (tertiary/aromatic N) is 1. The molecule has 1 amide bonds. The van der Waals surface area contributed by atoms with Crippen LogP contribution < -0.4 is 0 Å². The highest BCUT2D eigenvalue weighted by atomic mass is 16.4. The second-order valence-electron chi connectivity index (χ2n) is 4.34. The number of amides is 1. The number of fused-ring (bicyclic) bond motifs is 3. The molecule has 0 fully saturated rings. The van der Waals surface area contributed by atoms with Gasteiger partial charge < -0.3 is 14.4 Å². The number of rotatable bonds is 0. The molecule has 1 aliphatic heterocycles. The third-order valence-electron chi connectivity index (χ3n) is 3.42. The number of benzene rings is 1. The maximum atomic E-state index is 11.1. The normalized spacial score (nSPS) is 19.4. The Kier molecular flexibility index (Phi) is 2.11. The average Bonchev–Trinajstić information content (AvgIpc) is 2.67. The smallest absolute Gasteiger partial charge is 0.407 e. The van der Waals surface area contributed by atoms with Gasteiger partial charge in [0.25, 0.3) is 0 Å². The van der Waals surface area contributed by atoms with E-state index in [2.05, 4.69) is 0 Å². The van der Waals surface area contributed by atoms with E-state index in [4.69, 9.17) is 9.52 Å². The highest BCUT2D eigenvalue weighted by Crippen LogP contribution is 2.37. The largest absolute Gasteiger partial charge is 0.465 e. The summed E-state index contributed by atoms with van der Waals surface area (Å²) in [6.07, 6.45) is -0.214. The summed E-state index contributed by atoms with van der Waals surface area (Å²) in [7, 11) is 0. The van der Waals surface area contributed by atoms with Crippen molar-refractivity contribution in [1.29, 1.82) is 0 Å². The summed E-state index contributed by atoms with van der Waals surface area (Å²) in [6.45, 7) is 2.41. The molecule has 0 aliphatic carbocycles. The molecular weight excluding hydrogens is 218 g/mol. The fourth-order valence-electron chi connectivity index (χ4n) is 2.59. The van der Waals surface area contributed by atoms with Crippen molar-refractivity contribution < 1.29 is 14.3 Å². The lowest BCUT2D eigenvalue weighted by Crippen LogP contribution is -2.37. The van der Waals surface area contributed by atoms with Gasteiger partial charge in [-0.25, -0.2) is 4.79 Å². The monoisotopic (exact) mass is 231 g/mol. The van der Waals surface area contributed by atoms with Gasteiger partial charge in [0.1, 0.15) is 11.3 Å². The van der Waals surface area contributed by atoms with Crippen molar-refractivity contribution in [2.24, 2.45) is 0 Å². The molecule has 2 aromatic rings. The molecule has 1 atom stereocenters. The number of carbonyl (C=O) groups is 1. The Morgan fingerprint density at radius 1 is 1.47 bits per heavy atom. The summed E-state index contributed by atoms with van der Waals surface area (Å²) in [5.74, 6) is 0.927. The van der Waals surface area contributed by atoms with E-state index in [1.165, 1.54) is 4.90 Å². The minimum Gasteiger partial charge on any atom is -0.465 e. The standard InChI is InChI=1S/C13H13NO3/c1-8-12-9-4-2-3-5-10(9)17-11(12)6-7-14(8)13(15)16/h2-5,8H,6-7H2,1H3,(H,15,16). The van der Waals surface area contributed by atoms with Gasteiger partial charge in [-0.05, 0) is 13.0 Å². The Hall–Kier alpha value is -1.97. The first-order chi connectivity index (χ1) is 8.18. The van der Waals surface area contributed by atoms with Crippen molar-refractivity contribution in [3.8, 4) is 0 Å². The number of hydrogen-bond donors (Lipinski definition) is 1. The van der Waals surface area contributed by atoms with Crippen LogP contribution in [-0.2, 0) is 6.42 Å². The van der Waals surface area contributed by atoms with Crippen LogP contribution >= 0.6 is 0 Å². The Labute approximate surface area is 98.4 Å². The molecular formula is C13H13NO3. The lowest BCUT2D eigenvalue weighted by Gasteiger charge is -2.30. The molecule has 1 aliphatic rings. The van der Waals surface area contributed by atoms with E-state index in [-0.39, 0.29) is 6.04 Å². The van der Waals surface area contributed by atoms with Crippen molar-refractivity contribution in [3.63, 3.8) is 0 Å². The van der Waals surface area contributed by atoms with Crippen LogP contribution in [0.5, 0.6) is 0 Å². The van der Waals surface area contributed by atoms with E-state index in [1.807, 2.05) is 31.2 Å². The average molecular weight is 231 g/mol. The van der Waals surface area contributed by atoms with Crippen LogP contribution in [0.2, 0.25) is 0 Å². The maximum Gasteiger partial charge on any atom is 0.407 e. The van der Waals surface area contributed by atoms with Crippen LogP contribution in [0.4, 0.5) is 4.79 Å². The van der Waals surface area contributed by atoms with E-state index in [0.717, 1.165) is 22.3 Å². The molecule has 0 radical (unpaired) electrons. The second-order valence-corrected chi connectivity index (χ2v) is 4.34.